The van der Waals surface area contributed by atoms with Crippen molar-refractivity contribution in [1.82, 2.24) is 15.1 Å². The van der Waals surface area contributed by atoms with Crippen molar-refractivity contribution >= 4 is 29.1 Å². The molecule has 3 aromatic rings. The number of nitrogens with one attached hydrogen (secondary N) is 1. The molecule has 9 nitrogen and oxygen atoms in total. The summed E-state index contributed by atoms with van der Waals surface area (Å²) in [6.45, 7) is 4.37. The van der Waals surface area contributed by atoms with Crippen LogP contribution in [0.1, 0.15) is 5.56 Å². The Bertz CT molecular complexity index is 1170. The zero-order chi connectivity index (χ0) is 24.9. The lowest BCUT2D eigenvalue weighted by atomic mass is 10.1. The summed E-state index contributed by atoms with van der Waals surface area (Å²) in [5.41, 5.74) is 3.13. The summed E-state index contributed by atoms with van der Waals surface area (Å²) >= 11 is 6.21. The molecule has 1 fully saturated rings. The smallest absolute Gasteiger partial charge is 0.322 e. The van der Waals surface area contributed by atoms with E-state index in [1.54, 1.807) is 32.3 Å². The summed E-state index contributed by atoms with van der Waals surface area (Å²) in [5, 5.41) is 12.3. The highest BCUT2D eigenvalue weighted by Crippen LogP contribution is 2.40. The van der Waals surface area contributed by atoms with Gasteiger partial charge in [-0.25, -0.2) is 4.79 Å². The predicted octanol–water partition coefficient (Wildman–Crippen LogP) is 4.49. The normalized spacial score (nSPS) is 13.4. The molecule has 0 aliphatic carbocycles. The molecule has 2 aromatic carbocycles. The Balaban J connectivity index is 1.41. The number of methoxy groups -OCH3 is 3. The molecular formula is C25H28ClN5O4. The molecule has 1 saturated heterocycles. The second-order valence-electron chi connectivity index (χ2n) is 8.08. The fraction of sp³-hybridized carbons (Fsp3) is 0.320. The topological polar surface area (TPSA) is 89.1 Å². The third-order valence-electron chi connectivity index (χ3n) is 5.87. The number of benzene rings is 2. The summed E-state index contributed by atoms with van der Waals surface area (Å²) in [7, 11) is 4.71. The minimum absolute atomic E-state index is 0.166. The van der Waals surface area contributed by atoms with Crippen LogP contribution in [0.25, 0.3) is 11.3 Å². The predicted molar refractivity (Wildman–Crippen MR) is 136 cm³/mol. The molecule has 10 heteroatoms. The molecular weight excluding hydrogens is 470 g/mol. The Labute approximate surface area is 209 Å². The van der Waals surface area contributed by atoms with E-state index in [2.05, 4.69) is 20.4 Å². The molecule has 184 valence electrons. The second-order valence-corrected chi connectivity index (χ2v) is 8.49. The molecule has 2 heterocycles. The van der Waals surface area contributed by atoms with Crippen molar-refractivity contribution in [2.24, 2.45) is 0 Å². The largest absolute Gasteiger partial charge is 0.493 e. The van der Waals surface area contributed by atoms with Gasteiger partial charge >= 0.3 is 6.03 Å². The Morgan fingerprint density at radius 2 is 1.60 bits per heavy atom. The van der Waals surface area contributed by atoms with Crippen LogP contribution in [0.3, 0.4) is 0 Å². The molecule has 0 spiro atoms. The van der Waals surface area contributed by atoms with Gasteiger partial charge in [0.1, 0.15) is 0 Å². The van der Waals surface area contributed by atoms with Crippen LogP contribution < -0.4 is 24.4 Å². The van der Waals surface area contributed by atoms with Crippen LogP contribution in [0, 0.1) is 6.92 Å². The molecule has 0 saturated carbocycles. The first-order valence-corrected chi connectivity index (χ1v) is 11.5. The monoisotopic (exact) mass is 497 g/mol. The first-order valence-electron chi connectivity index (χ1n) is 11.1. The third kappa shape index (κ3) is 5.35. The summed E-state index contributed by atoms with van der Waals surface area (Å²) < 4.78 is 16.3. The van der Waals surface area contributed by atoms with Crippen LogP contribution >= 0.6 is 11.6 Å². The van der Waals surface area contributed by atoms with E-state index in [1.165, 1.54) is 0 Å². The molecule has 1 aliphatic rings. The average molecular weight is 498 g/mol. The van der Waals surface area contributed by atoms with Gasteiger partial charge in [0.2, 0.25) is 5.75 Å². The van der Waals surface area contributed by atoms with Crippen LogP contribution in [0.4, 0.5) is 16.3 Å². The van der Waals surface area contributed by atoms with Gasteiger partial charge in [0.05, 0.1) is 37.7 Å². The number of piperazine rings is 1. The highest BCUT2D eigenvalue weighted by Gasteiger charge is 2.23. The van der Waals surface area contributed by atoms with Crippen LogP contribution in [0.15, 0.2) is 42.5 Å². The number of urea groups is 1. The number of hydrogen-bond acceptors (Lipinski definition) is 7. The van der Waals surface area contributed by atoms with E-state index >= 15 is 0 Å². The third-order valence-corrected chi connectivity index (χ3v) is 6.19. The van der Waals surface area contributed by atoms with Gasteiger partial charge in [-0.15, -0.1) is 10.2 Å². The summed E-state index contributed by atoms with van der Waals surface area (Å²) in [5.74, 6) is 2.38. The molecule has 4 rings (SSSR count). The van der Waals surface area contributed by atoms with Crippen LogP contribution in [-0.4, -0.2) is 68.6 Å². The Morgan fingerprint density at radius 3 is 2.17 bits per heavy atom. The first kappa shape index (κ1) is 24.4. The maximum Gasteiger partial charge on any atom is 0.322 e. The average Bonchev–Trinajstić information content (AvgIpc) is 2.90. The number of rotatable bonds is 6. The van der Waals surface area contributed by atoms with E-state index in [4.69, 9.17) is 25.8 Å². The molecule has 0 radical (unpaired) electrons. The number of nitrogens with zero attached hydrogens (tertiary/aromatic N) is 4. The fourth-order valence-corrected chi connectivity index (χ4v) is 4.11. The van der Waals surface area contributed by atoms with E-state index < -0.39 is 0 Å². The first-order chi connectivity index (χ1) is 16.9. The Kier molecular flexibility index (Phi) is 7.45. The maximum absolute atomic E-state index is 12.7. The van der Waals surface area contributed by atoms with Crippen LogP contribution in [-0.2, 0) is 0 Å². The Hall–Kier alpha value is -3.72. The van der Waals surface area contributed by atoms with E-state index in [0.717, 1.165) is 16.9 Å². The van der Waals surface area contributed by atoms with Gasteiger partial charge in [0.25, 0.3) is 0 Å². The zero-order valence-corrected chi connectivity index (χ0v) is 20.9. The number of halogens is 1. The molecule has 0 unspecified atom stereocenters. The quantitative estimate of drug-likeness (QED) is 0.537. The van der Waals surface area contributed by atoms with Gasteiger partial charge in [-0.2, -0.15) is 0 Å². The van der Waals surface area contributed by atoms with E-state index in [1.807, 2.05) is 43.3 Å². The molecule has 1 aliphatic heterocycles. The summed E-state index contributed by atoms with van der Waals surface area (Å²) in [4.78, 5) is 16.6. The van der Waals surface area contributed by atoms with Crippen LogP contribution in [0.2, 0.25) is 5.02 Å². The Morgan fingerprint density at radius 1 is 0.914 bits per heavy atom. The molecule has 2 amide bonds. The standard InChI is InChI=1S/C25H28ClN5O4/c1-16-5-6-18(26)20(13-16)27-25(32)31-11-9-30(10-12-31)23-8-7-19(28-29-23)17-14-21(33-2)24(35-4)22(15-17)34-3/h5-8,13-15H,9-12H2,1-4H3,(H,27,32). The number of anilines is 2. The maximum atomic E-state index is 12.7. The summed E-state index contributed by atoms with van der Waals surface area (Å²) in [6, 6.07) is 12.9. The molecule has 1 N–H and O–H groups in total. The lowest BCUT2D eigenvalue weighted by molar-refractivity contribution is 0.208. The van der Waals surface area contributed by atoms with Crippen molar-refractivity contribution < 1.29 is 19.0 Å². The van der Waals surface area contributed by atoms with Crippen molar-refractivity contribution in [1.29, 1.82) is 0 Å². The fourth-order valence-electron chi connectivity index (χ4n) is 3.94. The van der Waals surface area contributed by atoms with Gasteiger partial charge in [0.15, 0.2) is 17.3 Å². The minimum Gasteiger partial charge on any atom is -0.493 e. The van der Waals surface area contributed by atoms with E-state index in [-0.39, 0.29) is 6.03 Å². The number of amides is 2. The SMILES string of the molecule is COc1cc(-c2ccc(N3CCN(C(=O)Nc4cc(C)ccc4Cl)CC3)nn2)cc(OC)c1OC. The van der Waals surface area contributed by atoms with E-state index in [0.29, 0.717) is 59.8 Å². The van der Waals surface area contributed by atoms with E-state index in [9.17, 15) is 4.79 Å². The lowest BCUT2D eigenvalue weighted by Gasteiger charge is -2.35. The number of aryl methyl sites for hydroxylation is 1. The number of carbonyl (C=O) groups excluding carboxylic acids is 1. The number of carbonyl (C=O) groups is 1. The highest BCUT2D eigenvalue weighted by molar-refractivity contribution is 6.33. The second kappa shape index (κ2) is 10.7. The number of ether oxygens (including phenoxy) is 3. The zero-order valence-electron chi connectivity index (χ0n) is 20.2. The summed E-state index contributed by atoms with van der Waals surface area (Å²) in [6.07, 6.45) is 0. The van der Waals surface area contributed by atoms with Crippen molar-refractivity contribution in [3.8, 4) is 28.5 Å². The van der Waals surface area contributed by atoms with Crippen molar-refractivity contribution in [3.05, 3.63) is 53.1 Å². The van der Waals surface area contributed by atoms with Crippen LogP contribution in [0.5, 0.6) is 17.2 Å². The van der Waals surface area contributed by atoms with Crippen molar-refractivity contribution in [3.63, 3.8) is 0 Å². The van der Waals surface area contributed by atoms with Gasteiger partial charge in [-0.1, -0.05) is 17.7 Å². The molecule has 1 aromatic heterocycles. The van der Waals surface area contributed by atoms with Gasteiger partial charge in [0, 0.05) is 31.7 Å². The molecule has 35 heavy (non-hydrogen) atoms. The lowest BCUT2D eigenvalue weighted by Crippen LogP contribution is -2.50. The minimum atomic E-state index is -0.166. The van der Waals surface area contributed by atoms with Crippen molar-refractivity contribution in [2.75, 3.05) is 57.7 Å². The van der Waals surface area contributed by atoms with Gasteiger partial charge in [-0.3, -0.25) is 0 Å². The van der Waals surface area contributed by atoms with Gasteiger partial charge in [-0.05, 0) is 48.9 Å². The number of aromatic nitrogens is 2. The molecule has 0 atom stereocenters. The van der Waals surface area contributed by atoms with Gasteiger partial charge < -0.3 is 29.3 Å². The number of hydrogen-bond donors (Lipinski definition) is 1. The molecule has 0 bridgehead atoms. The highest BCUT2D eigenvalue weighted by atomic mass is 35.5. The van der Waals surface area contributed by atoms with Crippen molar-refractivity contribution in [2.45, 2.75) is 6.92 Å².